The predicted octanol–water partition coefficient (Wildman–Crippen LogP) is 5.14. The molecule has 0 saturated carbocycles. The largest absolute Gasteiger partial charge is 0.456 e. The Morgan fingerprint density at radius 1 is 1.11 bits per heavy atom. The van der Waals surface area contributed by atoms with Crippen LogP contribution in [0.2, 0.25) is 0 Å². The van der Waals surface area contributed by atoms with Crippen LogP contribution in [0.4, 0.5) is 13.2 Å². The van der Waals surface area contributed by atoms with E-state index in [1.54, 1.807) is 18.5 Å². The van der Waals surface area contributed by atoms with Crippen LogP contribution >= 0.6 is 0 Å². The van der Waals surface area contributed by atoms with Crippen molar-refractivity contribution in [3.05, 3.63) is 54.1 Å². The van der Waals surface area contributed by atoms with Crippen LogP contribution in [0, 0.1) is 12.3 Å². The second kappa shape index (κ2) is 7.30. The summed E-state index contributed by atoms with van der Waals surface area (Å²) in [5.41, 5.74) is 2.38. The summed E-state index contributed by atoms with van der Waals surface area (Å²) in [6.45, 7) is 3.58. The van der Waals surface area contributed by atoms with E-state index in [9.17, 15) is 18.0 Å². The standard InChI is InChI=1S/C21H21F3N2O2/c1-14-9-10-17-16(11-14)18(15-7-5-4-6-8-15)25-26(17)12-20(2,3)19(27)28-13-21(22,23)24/h4-11H,12-13H2,1-3H3. The van der Waals surface area contributed by atoms with Gasteiger partial charge in [-0.15, -0.1) is 0 Å². The summed E-state index contributed by atoms with van der Waals surface area (Å²) < 4.78 is 43.2. The zero-order valence-corrected chi connectivity index (χ0v) is 15.9. The zero-order valence-electron chi connectivity index (χ0n) is 15.9. The summed E-state index contributed by atoms with van der Waals surface area (Å²) in [6.07, 6.45) is -4.55. The number of halogens is 3. The lowest BCUT2D eigenvalue weighted by atomic mass is 9.93. The van der Waals surface area contributed by atoms with Gasteiger partial charge in [0.25, 0.3) is 0 Å². The third-order valence-electron chi connectivity index (χ3n) is 4.42. The molecule has 1 heterocycles. The Morgan fingerprint density at radius 2 is 1.79 bits per heavy atom. The highest BCUT2D eigenvalue weighted by atomic mass is 19.4. The van der Waals surface area contributed by atoms with Gasteiger partial charge in [-0.05, 0) is 32.9 Å². The molecule has 0 amide bonds. The third-order valence-corrected chi connectivity index (χ3v) is 4.42. The van der Waals surface area contributed by atoms with Crippen LogP contribution in [0.15, 0.2) is 48.5 Å². The first kappa shape index (κ1) is 19.9. The molecule has 0 N–H and O–H groups in total. The summed E-state index contributed by atoms with van der Waals surface area (Å²) in [7, 11) is 0. The number of hydrogen-bond donors (Lipinski definition) is 0. The number of hydrogen-bond acceptors (Lipinski definition) is 3. The van der Waals surface area contributed by atoms with Crippen LogP contribution in [-0.2, 0) is 16.1 Å². The molecule has 1 aromatic heterocycles. The van der Waals surface area contributed by atoms with E-state index in [1.807, 2.05) is 55.5 Å². The third kappa shape index (κ3) is 4.35. The van der Waals surface area contributed by atoms with Gasteiger partial charge in [0.05, 0.1) is 17.5 Å². The Hall–Kier alpha value is -2.83. The molecule has 148 valence electrons. The number of carbonyl (C=O) groups excluding carboxylic acids is 1. The first-order valence-electron chi connectivity index (χ1n) is 8.83. The molecule has 3 aromatic rings. The Balaban J connectivity index is 1.96. The van der Waals surface area contributed by atoms with E-state index in [1.165, 1.54) is 0 Å². The summed E-state index contributed by atoms with van der Waals surface area (Å²) >= 11 is 0. The molecule has 0 atom stereocenters. The van der Waals surface area contributed by atoms with Crippen LogP contribution in [0.1, 0.15) is 19.4 Å². The van der Waals surface area contributed by atoms with Crippen LogP contribution in [0.5, 0.6) is 0 Å². The monoisotopic (exact) mass is 390 g/mol. The smallest absolute Gasteiger partial charge is 0.422 e. The van der Waals surface area contributed by atoms with Gasteiger partial charge in [0.2, 0.25) is 0 Å². The molecule has 0 aliphatic heterocycles. The van der Waals surface area contributed by atoms with Gasteiger partial charge >= 0.3 is 12.1 Å². The van der Waals surface area contributed by atoms with Crippen molar-refractivity contribution in [3.8, 4) is 11.3 Å². The SMILES string of the molecule is Cc1ccc2c(c1)c(-c1ccccc1)nn2CC(C)(C)C(=O)OCC(F)(F)F. The van der Waals surface area contributed by atoms with Gasteiger partial charge < -0.3 is 4.74 Å². The number of benzene rings is 2. The van der Waals surface area contributed by atoms with E-state index in [0.29, 0.717) is 0 Å². The molecule has 28 heavy (non-hydrogen) atoms. The van der Waals surface area contributed by atoms with E-state index in [2.05, 4.69) is 9.84 Å². The lowest BCUT2D eigenvalue weighted by molar-refractivity contribution is -0.193. The van der Waals surface area contributed by atoms with Gasteiger partial charge in [-0.1, -0.05) is 42.0 Å². The Morgan fingerprint density at radius 3 is 2.43 bits per heavy atom. The average molecular weight is 390 g/mol. The number of fused-ring (bicyclic) bond motifs is 1. The normalized spacial score (nSPS) is 12.4. The lowest BCUT2D eigenvalue weighted by Gasteiger charge is -2.23. The number of nitrogens with zero attached hydrogens (tertiary/aromatic N) is 2. The number of aryl methyl sites for hydroxylation is 1. The van der Waals surface area contributed by atoms with Crippen molar-refractivity contribution in [3.63, 3.8) is 0 Å². The zero-order chi connectivity index (χ0) is 20.5. The van der Waals surface area contributed by atoms with Crippen molar-refractivity contribution in [1.29, 1.82) is 0 Å². The second-order valence-electron chi connectivity index (χ2n) is 7.47. The Kier molecular flexibility index (Phi) is 5.19. The molecule has 0 saturated heterocycles. The maximum Gasteiger partial charge on any atom is 0.422 e. The summed E-state index contributed by atoms with van der Waals surface area (Å²) in [5.74, 6) is -0.915. The van der Waals surface area contributed by atoms with E-state index < -0.39 is 24.2 Å². The van der Waals surface area contributed by atoms with E-state index in [4.69, 9.17) is 0 Å². The highest BCUT2D eigenvalue weighted by Crippen LogP contribution is 2.31. The minimum absolute atomic E-state index is 0.0933. The lowest BCUT2D eigenvalue weighted by Crippen LogP contribution is -2.34. The molecule has 4 nitrogen and oxygen atoms in total. The minimum Gasteiger partial charge on any atom is -0.456 e. The fraction of sp³-hybridized carbons (Fsp3) is 0.333. The maximum absolute atomic E-state index is 12.4. The van der Waals surface area contributed by atoms with Gasteiger partial charge in [-0.25, -0.2) is 0 Å². The van der Waals surface area contributed by atoms with Crippen molar-refractivity contribution in [2.24, 2.45) is 5.41 Å². The van der Waals surface area contributed by atoms with Crippen molar-refractivity contribution < 1.29 is 22.7 Å². The van der Waals surface area contributed by atoms with E-state index in [-0.39, 0.29) is 6.54 Å². The predicted molar refractivity (Wildman–Crippen MR) is 101 cm³/mol. The van der Waals surface area contributed by atoms with Gasteiger partial charge in [0.15, 0.2) is 6.61 Å². The highest BCUT2D eigenvalue weighted by Gasteiger charge is 2.36. The van der Waals surface area contributed by atoms with Crippen molar-refractivity contribution in [2.75, 3.05) is 6.61 Å². The molecule has 0 radical (unpaired) electrons. The van der Waals surface area contributed by atoms with Crippen molar-refractivity contribution in [2.45, 2.75) is 33.5 Å². The number of alkyl halides is 3. The quantitative estimate of drug-likeness (QED) is 0.567. The Labute approximate surface area is 160 Å². The van der Waals surface area contributed by atoms with Crippen LogP contribution in [-0.4, -0.2) is 28.5 Å². The molecule has 2 aromatic carbocycles. The first-order chi connectivity index (χ1) is 13.1. The van der Waals surface area contributed by atoms with Crippen LogP contribution in [0.3, 0.4) is 0 Å². The van der Waals surface area contributed by atoms with E-state index in [0.717, 1.165) is 27.7 Å². The average Bonchev–Trinajstić information content (AvgIpc) is 2.96. The fourth-order valence-electron chi connectivity index (χ4n) is 3.00. The topological polar surface area (TPSA) is 44.1 Å². The van der Waals surface area contributed by atoms with Gasteiger partial charge in [-0.3, -0.25) is 9.48 Å². The number of rotatable bonds is 5. The number of esters is 1. The minimum atomic E-state index is -4.55. The molecule has 0 spiro atoms. The van der Waals surface area contributed by atoms with Crippen LogP contribution in [0.25, 0.3) is 22.2 Å². The summed E-state index contributed by atoms with van der Waals surface area (Å²) in [6, 6.07) is 15.5. The molecule has 7 heteroatoms. The van der Waals surface area contributed by atoms with Gasteiger partial charge in [0, 0.05) is 10.9 Å². The Bertz CT molecular complexity index is 992. The number of aromatic nitrogens is 2. The maximum atomic E-state index is 12.4. The summed E-state index contributed by atoms with van der Waals surface area (Å²) in [4.78, 5) is 12.2. The first-order valence-corrected chi connectivity index (χ1v) is 8.83. The fourth-order valence-corrected chi connectivity index (χ4v) is 3.00. The van der Waals surface area contributed by atoms with Crippen molar-refractivity contribution in [1.82, 2.24) is 9.78 Å². The van der Waals surface area contributed by atoms with Gasteiger partial charge in [0.1, 0.15) is 5.69 Å². The molecule has 0 aliphatic rings. The second-order valence-corrected chi connectivity index (χ2v) is 7.47. The molecular formula is C21H21F3N2O2. The van der Waals surface area contributed by atoms with Crippen LogP contribution < -0.4 is 0 Å². The van der Waals surface area contributed by atoms with Gasteiger partial charge in [-0.2, -0.15) is 18.3 Å². The highest BCUT2D eigenvalue weighted by molar-refractivity contribution is 5.94. The molecular weight excluding hydrogens is 369 g/mol. The number of carbonyl (C=O) groups is 1. The molecule has 0 bridgehead atoms. The molecule has 0 fully saturated rings. The number of ether oxygens (including phenoxy) is 1. The van der Waals surface area contributed by atoms with Crippen molar-refractivity contribution >= 4 is 16.9 Å². The molecule has 0 aliphatic carbocycles. The molecule has 0 unspecified atom stereocenters. The molecule has 3 rings (SSSR count). The van der Waals surface area contributed by atoms with E-state index >= 15 is 0 Å². The summed E-state index contributed by atoms with van der Waals surface area (Å²) in [5, 5.41) is 5.59.